The highest BCUT2D eigenvalue weighted by Crippen LogP contribution is 2.28. The Hall–Kier alpha value is -4.05. The van der Waals surface area contributed by atoms with E-state index in [0.29, 0.717) is 29.9 Å². The van der Waals surface area contributed by atoms with Crippen LogP contribution < -0.4 is 20.7 Å². The Morgan fingerprint density at radius 2 is 2.10 bits per heavy atom. The molecule has 1 amide bonds. The summed E-state index contributed by atoms with van der Waals surface area (Å²) in [5.41, 5.74) is 1.21. The number of hydrogen-bond donors (Lipinski definition) is 3. The van der Waals surface area contributed by atoms with Crippen LogP contribution in [0.1, 0.15) is 28.2 Å². The minimum absolute atomic E-state index is 0.0127. The second-order valence-electron chi connectivity index (χ2n) is 9.15. The predicted octanol–water partition coefficient (Wildman–Crippen LogP) is 3.12. The minimum Gasteiger partial charge on any atom is -0.480 e. The first-order valence-electron chi connectivity index (χ1n) is 12.2. The number of nitrogens with zero attached hydrogens (tertiary/aromatic N) is 4. The molecule has 3 aromatic rings. The highest BCUT2D eigenvalue weighted by molar-refractivity contribution is 5.94. The largest absolute Gasteiger partial charge is 0.480 e. The molecule has 3 N–H and O–H groups in total. The number of carbonyl (C=O) groups excluding carboxylic acids is 1. The van der Waals surface area contributed by atoms with Gasteiger partial charge in [0.05, 0.1) is 48.7 Å². The second-order valence-corrected chi connectivity index (χ2v) is 9.15. The number of amides is 1. The number of rotatable bonds is 7. The van der Waals surface area contributed by atoms with Gasteiger partial charge in [0.15, 0.2) is 5.65 Å². The molecule has 0 aromatic carbocycles. The van der Waals surface area contributed by atoms with Crippen molar-refractivity contribution in [3.05, 3.63) is 47.5 Å². The van der Waals surface area contributed by atoms with Crippen LogP contribution in [0.25, 0.3) is 5.65 Å². The van der Waals surface area contributed by atoms with Crippen LogP contribution in [0.2, 0.25) is 0 Å². The van der Waals surface area contributed by atoms with Crippen molar-refractivity contribution in [3.8, 4) is 17.7 Å². The first kappa shape index (κ1) is 28.0. The predicted molar refractivity (Wildman–Crippen MR) is 139 cm³/mol. The van der Waals surface area contributed by atoms with Crippen molar-refractivity contribution in [1.29, 1.82) is 0 Å². The van der Waals surface area contributed by atoms with E-state index in [2.05, 4.69) is 37.8 Å². The topological polar surface area (TPSA) is 95.8 Å². The summed E-state index contributed by atoms with van der Waals surface area (Å²) < 4.78 is 61.6. The third kappa shape index (κ3) is 6.69. The van der Waals surface area contributed by atoms with Crippen LogP contribution in [-0.4, -0.2) is 84.4 Å². The first-order chi connectivity index (χ1) is 18.6. The molecule has 4 rings (SSSR count). The fourth-order valence-electron chi connectivity index (χ4n) is 4.38. The minimum atomic E-state index is -4.49. The highest BCUT2D eigenvalue weighted by Gasteiger charge is 2.32. The number of ether oxygens (including phenoxy) is 1. The maximum absolute atomic E-state index is 14.6. The lowest BCUT2D eigenvalue weighted by atomic mass is 10.0. The molecule has 9 nitrogen and oxygen atoms in total. The number of pyridine rings is 2. The second kappa shape index (κ2) is 11.8. The zero-order valence-electron chi connectivity index (χ0n) is 21.7. The summed E-state index contributed by atoms with van der Waals surface area (Å²) >= 11 is 0. The molecular formula is C26H29F4N7O2. The standard InChI is InChI=1S/C26H29F4N7O2/c1-31-24(38)16-12-21(25(39-3)33-14-16)32-9-4-6-19-22(13-26(28,29)30)37-10-5-7-20(23(37)35-19)34-18-8-11-36(2)15-17(18)27/h5,7,10,12,14,17-18,32,34H,8-9,11,13,15H2,1-3H3,(H,31,38)/t17-,18+/m0/s1. The summed E-state index contributed by atoms with van der Waals surface area (Å²) in [5.74, 6) is 5.41. The smallest absolute Gasteiger partial charge is 0.394 e. The van der Waals surface area contributed by atoms with E-state index in [1.165, 1.54) is 37.0 Å². The molecule has 1 saturated heterocycles. The molecule has 0 spiro atoms. The summed E-state index contributed by atoms with van der Waals surface area (Å²) in [6.07, 6.45) is -3.47. The molecule has 0 radical (unpaired) electrons. The summed E-state index contributed by atoms with van der Waals surface area (Å²) in [4.78, 5) is 22.3. The molecule has 2 atom stereocenters. The number of alkyl halides is 4. The Morgan fingerprint density at radius 1 is 1.31 bits per heavy atom. The van der Waals surface area contributed by atoms with Crippen LogP contribution in [-0.2, 0) is 6.42 Å². The van der Waals surface area contributed by atoms with E-state index in [1.54, 1.807) is 12.1 Å². The van der Waals surface area contributed by atoms with Crippen LogP contribution in [0.15, 0.2) is 30.6 Å². The van der Waals surface area contributed by atoms with Gasteiger partial charge in [-0.15, -0.1) is 0 Å². The van der Waals surface area contributed by atoms with E-state index in [0.717, 1.165) is 0 Å². The molecule has 0 aliphatic carbocycles. The molecule has 4 heterocycles. The van der Waals surface area contributed by atoms with Gasteiger partial charge in [0.25, 0.3) is 5.91 Å². The molecule has 39 heavy (non-hydrogen) atoms. The molecule has 0 unspecified atom stereocenters. The van der Waals surface area contributed by atoms with Crippen molar-refractivity contribution >= 4 is 22.9 Å². The Kier molecular flexibility index (Phi) is 8.44. The number of fused-ring (bicyclic) bond motifs is 1. The summed E-state index contributed by atoms with van der Waals surface area (Å²) in [6.45, 7) is 0.981. The van der Waals surface area contributed by atoms with Gasteiger partial charge < -0.3 is 30.0 Å². The maximum Gasteiger partial charge on any atom is 0.394 e. The van der Waals surface area contributed by atoms with E-state index in [4.69, 9.17) is 4.74 Å². The number of methoxy groups -OCH3 is 1. The van der Waals surface area contributed by atoms with Crippen molar-refractivity contribution in [2.75, 3.05) is 51.5 Å². The Bertz CT molecular complexity index is 1400. The Morgan fingerprint density at radius 3 is 2.79 bits per heavy atom. The number of hydrogen-bond acceptors (Lipinski definition) is 7. The van der Waals surface area contributed by atoms with Crippen LogP contribution in [0, 0.1) is 11.8 Å². The fraction of sp³-hybridized carbons (Fsp3) is 0.423. The van der Waals surface area contributed by atoms with Gasteiger partial charge in [0.1, 0.15) is 11.9 Å². The Labute approximate surface area is 222 Å². The van der Waals surface area contributed by atoms with Gasteiger partial charge in [-0.25, -0.2) is 14.4 Å². The van der Waals surface area contributed by atoms with Crippen LogP contribution >= 0.6 is 0 Å². The zero-order valence-corrected chi connectivity index (χ0v) is 21.7. The summed E-state index contributed by atoms with van der Waals surface area (Å²) in [6, 6.07) is 4.31. The van der Waals surface area contributed by atoms with Gasteiger partial charge in [-0.2, -0.15) is 13.2 Å². The van der Waals surface area contributed by atoms with Crippen LogP contribution in [0.3, 0.4) is 0 Å². The average molecular weight is 548 g/mol. The lowest BCUT2D eigenvalue weighted by molar-refractivity contribution is -0.128. The summed E-state index contributed by atoms with van der Waals surface area (Å²) in [7, 11) is 4.75. The molecule has 0 saturated carbocycles. The Balaban J connectivity index is 1.61. The third-order valence-corrected chi connectivity index (χ3v) is 6.31. The van der Waals surface area contributed by atoms with E-state index in [-0.39, 0.29) is 41.9 Å². The summed E-state index contributed by atoms with van der Waals surface area (Å²) in [5, 5.41) is 8.61. The quantitative estimate of drug-likeness (QED) is 0.309. The number of anilines is 2. The molecule has 1 fully saturated rings. The number of nitrogens with one attached hydrogen (secondary N) is 3. The van der Waals surface area contributed by atoms with Crippen molar-refractivity contribution < 1.29 is 27.1 Å². The van der Waals surface area contributed by atoms with E-state index < -0.39 is 24.8 Å². The molecular weight excluding hydrogens is 518 g/mol. The average Bonchev–Trinajstić information content (AvgIpc) is 3.24. The van der Waals surface area contributed by atoms with Gasteiger partial charge >= 0.3 is 6.18 Å². The molecule has 1 aliphatic rings. The fourth-order valence-corrected chi connectivity index (χ4v) is 4.38. The lowest BCUT2D eigenvalue weighted by Crippen LogP contribution is -2.46. The lowest BCUT2D eigenvalue weighted by Gasteiger charge is -2.33. The van der Waals surface area contributed by atoms with E-state index in [9.17, 15) is 22.4 Å². The highest BCUT2D eigenvalue weighted by atomic mass is 19.4. The number of likely N-dealkylation sites (tertiary alicyclic amines) is 1. The number of carbonyl (C=O) groups is 1. The van der Waals surface area contributed by atoms with Gasteiger partial charge in [0.2, 0.25) is 5.88 Å². The first-order valence-corrected chi connectivity index (χ1v) is 12.2. The normalized spacial score (nSPS) is 17.8. The molecule has 1 aliphatic heterocycles. The molecule has 3 aromatic heterocycles. The molecule has 13 heteroatoms. The molecule has 0 bridgehead atoms. The number of piperidine rings is 1. The van der Waals surface area contributed by atoms with Crippen LogP contribution in [0.5, 0.6) is 5.88 Å². The maximum atomic E-state index is 14.6. The number of aromatic nitrogens is 3. The van der Waals surface area contributed by atoms with Crippen LogP contribution in [0.4, 0.5) is 28.9 Å². The monoisotopic (exact) mass is 547 g/mol. The SMILES string of the molecule is CNC(=O)c1cnc(OC)c(NCC#Cc2nc3c(N[C@@H]4CCN(C)C[C@@H]4F)cccn3c2CC(F)(F)F)c1. The van der Waals surface area contributed by atoms with E-state index >= 15 is 0 Å². The molecule has 208 valence electrons. The van der Waals surface area contributed by atoms with Gasteiger partial charge in [-0.05, 0) is 37.6 Å². The van der Waals surface area contributed by atoms with Crippen molar-refractivity contribution in [3.63, 3.8) is 0 Å². The number of imidazole rings is 1. The van der Waals surface area contributed by atoms with E-state index in [1.807, 2.05) is 11.9 Å². The zero-order chi connectivity index (χ0) is 28.2. The van der Waals surface area contributed by atoms with Gasteiger partial charge in [-0.3, -0.25) is 4.79 Å². The number of halogens is 4. The van der Waals surface area contributed by atoms with Crippen molar-refractivity contribution in [1.82, 2.24) is 24.6 Å². The van der Waals surface area contributed by atoms with Crippen molar-refractivity contribution in [2.24, 2.45) is 0 Å². The van der Waals surface area contributed by atoms with Crippen molar-refractivity contribution in [2.45, 2.75) is 31.2 Å². The van der Waals surface area contributed by atoms with Gasteiger partial charge in [0, 0.05) is 32.5 Å². The third-order valence-electron chi connectivity index (χ3n) is 6.31. The van der Waals surface area contributed by atoms with Gasteiger partial charge in [-0.1, -0.05) is 5.92 Å².